The number of imide groups is 1. The number of ether oxygens (including phenoxy) is 1. The van der Waals surface area contributed by atoms with Crippen LogP contribution in [0.1, 0.15) is 0 Å². The Kier molecular flexibility index (Phi) is 4.04. The van der Waals surface area contributed by atoms with E-state index in [1.54, 1.807) is 0 Å². The second kappa shape index (κ2) is 5.08. The highest BCUT2D eigenvalue weighted by atomic mass is 32.1. The lowest BCUT2D eigenvalue weighted by Crippen LogP contribution is -2.34. The monoisotopic (exact) mass is 204 g/mol. The first-order valence-electron chi connectivity index (χ1n) is 4.02. The third-order valence-corrected chi connectivity index (χ3v) is 1.81. The Balaban J connectivity index is 2.20. The van der Waals surface area contributed by atoms with Gasteiger partial charge < -0.3 is 10.1 Å². The molecular weight excluding hydrogens is 192 g/mol. The maximum atomic E-state index is 11.0. The zero-order chi connectivity index (χ0) is 9.68. The highest BCUT2D eigenvalue weighted by Crippen LogP contribution is 1.97. The second-order valence-electron chi connectivity index (χ2n) is 2.54. The quantitative estimate of drug-likeness (QED) is 0.360. The molecule has 0 radical (unpaired) electrons. The van der Waals surface area contributed by atoms with E-state index >= 15 is 0 Å². The van der Waals surface area contributed by atoms with E-state index in [0.29, 0.717) is 25.5 Å². The molecule has 1 saturated heterocycles. The molecule has 0 bridgehead atoms. The van der Waals surface area contributed by atoms with Gasteiger partial charge >= 0.3 is 6.03 Å². The van der Waals surface area contributed by atoms with Gasteiger partial charge in [-0.2, -0.15) is 12.6 Å². The van der Waals surface area contributed by atoms with Crippen LogP contribution in [0.4, 0.5) is 4.79 Å². The number of amides is 3. The summed E-state index contributed by atoms with van der Waals surface area (Å²) < 4.78 is 5.09. The van der Waals surface area contributed by atoms with Gasteiger partial charge in [-0.05, 0) is 0 Å². The van der Waals surface area contributed by atoms with Gasteiger partial charge in [0, 0.05) is 5.75 Å². The van der Waals surface area contributed by atoms with Crippen molar-refractivity contribution in [1.29, 1.82) is 0 Å². The van der Waals surface area contributed by atoms with Crippen LogP contribution < -0.4 is 5.32 Å². The predicted octanol–water partition coefficient (Wildman–Crippen LogP) is -0.515. The van der Waals surface area contributed by atoms with Gasteiger partial charge in [-0.3, -0.25) is 9.69 Å². The topological polar surface area (TPSA) is 58.6 Å². The van der Waals surface area contributed by atoms with Crippen LogP contribution in [0, 0.1) is 0 Å². The molecule has 1 aliphatic rings. The minimum atomic E-state index is -0.334. The van der Waals surface area contributed by atoms with Crippen LogP contribution in [-0.2, 0) is 9.53 Å². The van der Waals surface area contributed by atoms with Crippen LogP contribution in [0.2, 0.25) is 0 Å². The molecule has 3 amide bonds. The first-order valence-corrected chi connectivity index (χ1v) is 4.65. The van der Waals surface area contributed by atoms with Gasteiger partial charge in [-0.1, -0.05) is 0 Å². The zero-order valence-corrected chi connectivity index (χ0v) is 8.05. The molecule has 0 atom stereocenters. The van der Waals surface area contributed by atoms with Gasteiger partial charge in [0.1, 0.15) is 0 Å². The third-order valence-electron chi connectivity index (χ3n) is 1.63. The summed E-state index contributed by atoms with van der Waals surface area (Å²) in [5.74, 6) is 0.444. The maximum Gasteiger partial charge on any atom is 0.324 e. The number of hydrogen-bond acceptors (Lipinski definition) is 4. The molecule has 1 N–H and O–H groups in total. The van der Waals surface area contributed by atoms with Crippen LogP contribution in [0.3, 0.4) is 0 Å². The van der Waals surface area contributed by atoms with Crippen molar-refractivity contribution in [1.82, 2.24) is 10.2 Å². The number of nitrogens with one attached hydrogen (secondary N) is 1. The molecular formula is C7H12N2O3S. The Morgan fingerprint density at radius 1 is 1.46 bits per heavy atom. The first kappa shape index (κ1) is 10.3. The normalized spacial score (nSPS) is 16.5. The number of rotatable bonds is 5. The van der Waals surface area contributed by atoms with E-state index in [0.717, 1.165) is 4.90 Å². The van der Waals surface area contributed by atoms with Crippen molar-refractivity contribution in [3.63, 3.8) is 0 Å². The van der Waals surface area contributed by atoms with Gasteiger partial charge in [0.05, 0.1) is 26.3 Å². The second-order valence-corrected chi connectivity index (χ2v) is 2.99. The van der Waals surface area contributed by atoms with E-state index in [2.05, 4.69) is 17.9 Å². The SMILES string of the molecule is O=C1CNC(=O)N1CCOCCS. The minimum absolute atomic E-state index is 0.103. The fraction of sp³-hybridized carbons (Fsp3) is 0.714. The average Bonchev–Trinajstić information content (AvgIpc) is 2.42. The number of thiol groups is 1. The summed E-state index contributed by atoms with van der Waals surface area (Å²) in [5.41, 5.74) is 0. The Morgan fingerprint density at radius 2 is 2.23 bits per heavy atom. The molecule has 1 heterocycles. The van der Waals surface area contributed by atoms with Gasteiger partial charge in [-0.15, -0.1) is 0 Å². The molecule has 1 fully saturated rings. The minimum Gasteiger partial charge on any atom is -0.379 e. The summed E-state index contributed by atoms with van der Waals surface area (Å²) in [7, 11) is 0. The summed E-state index contributed by atoms with van der Waals surface area (Å²) in [5, 5.41) is 2.43. The standard InChI is InChI=1S/C7H12N2O3S/c10-6-5-8-7(11)9(6)1-2-12-3-4-13/h13H,1-5H2,(H,8,11). The molecule has 6 heteroatoms. The largest absolute Gasteiger partial charge is 0.379 e. The molecule has 0 aromatic heterocycles. The molecule has 0 spiro atoms. The summed E-state index contributed by atoms with van der Waals surface area (Å²) in [6.07, 6.45) is 0. The van der Waals surface area contributed by atoms with E-state index in [1.165, 1.54) is 0 Å². The average molecular weight is 204 g/mol. The number of urea groups is 1. The smallest absolute Gasteiger partial charge is 0.324 e. The molecule has 1 aliphatic heterocycles. The Hall–Kier alpha value is -0.750. The predicted molar refractivity (Wildman–Crippen MR) is 49.8 cm³/mol. The van der Waals surface area contributed by atoms with E-state index in [1.807, 2.05) is 0 Å². The molecule has 74 valence electrons. The van der Waals surface area contributed by atoms with Crippen molar-refractivity contribution >= 4 is 24.6 Å². The van der Waals surface area contributed by atoms with Crippen molar-refractivity contribution in [2.45, 2.75) is 0 Å². The van der Waals surface area contributed by atoms with Crippen molar-refractivity contribution in [2.24, 2.45) is 0 Å². The maximum absolute atomic E-state index is 11.0. The van der Waals surface area contributed by atoms with Crippen LogP contribution in [0.25, 0.3) is 0 Å². The Bertz CT molecular complexity index is 194. The van der Waals surface area contributed by atoms with Crippen LogP contribution >= 0.6 is 12.6 Å². The zero-order valence-electron chi connectivity index (χ0n) is 7.15. The molecule has 1 rings (SSSR count). The van der Waals surface area contributed by atoms with E-state index < -0.39 is 0 Å². The third kappa shape index (κ3) is 2.89. The van der Waals surface area contributed by atoms with Crippen LogP contribution in [0.5, 0.6) is 0 Å². The van der Waals surface area contributed by atoms with Crippen molar-refractivity contribution in [3.05, 3.63) is 0 Å². The van der Waals surface area contributed by atoms with Crippen molar-refractivity contribution in [2.75, 3.05) is 32.1 Å². The molecule has 0 aliphatic carbocycles. The van der Waals surface area contributed by atoms with Crippen molar-refractivity contribution in [3.8, 4) is 0 Å². The summed E-state index contributed by atoms with van der Waals surface area (Å²) in [6, 6.07) is -0.334. The number of hydrogen-bond donors (Lipinski definition) is 2. The lowest BCUT2D eigenvalue weighted by atomic mass is 10.5. The molecule has 0 unspecified atom stereocenters. The van der Waals surface area contributed by atoms with Crippen LogP contribution in [-0.4, -0.2) is 48.9 Å². The van der Waals surface area contributed by atoms with E-state index in [9.17, 15) is 9.59 Å². The highest BCUT2D eigenvalue weighted by molar-refractivity contribution is 7.80. The van der Waals surface area contributed by atoms with Crippen LogP contribution in [0.15, 0.2) is 0 Å². The van der Waals surface area contributed by atoms with Gasteiger partial charge in [0.2, 0.25) is 5.91 Å². The van der Waals surface area contributed by atoms with E-state index in [-0.39, 0.29) is 18.5 Å². The van der Waals surface area contributed by atoms with Crippen molar-refractivity contribution < 1.29 is 14.3 Å². The lowest BCUT2D eigenvalue weighted by molar-refractivity contribution is -0.125. The van der Waals surface area contributed by atoms with Gasteiger partial charge in [-0.25, -0.2) is 4.79 Å². The Morgan fingerprint density at radius 3 is 2.77 bits per heavy atom. The molecule has 5 nitrogen and oxygen atoms in total. The summed E-state index contributed by atoms with van der Waals surface area (Å²) >= 11 is 3.95. The Labute approximate surface area is 81.8 Å². The number of carbonyl (C=O) groups excluding carboxylic acids is 2. The summed E-state index contributed by atoms with van der Waals surface area (Å²) in [4.78, 5) is 23.1. The summed E-state index contributed by atoms with van der Waals surface area (Å²) in [6.45, 7) is 1.33. The van der Waals surface area contributed by atoms with Gasteiger partial charge in [0.25, 0.3) is 0 Å². The fourth-order valence-electron chi connectivity index (χ4n) is 1.00. The first-order chi connectivity index (χ1) is 6.25. The molecule has 0 aromatic carbocycles. The van der Waals surface area contributed by atoms with Gasteiger partial charge in [0.15, 0.2) is 0 Å². The highest BCUT2D eigenvalue weighted by Gasteiger charge is 2.27. The van der Waals surface area contributed by atoms with E-state index in [4.69, 9.17) is 4.74 Å². The number of nitrogens with zero attached hydrogens (tertiary/aromatic N) is 1. The fourth-order valence-corrected chi connectivity index (χ4v) is 1.13. The number of carbonyl (C=O) groups is 2. The molecule has 13 heavy (non-hydrogen) atoms. The molecule has 0 saturated carbocycles. The molecule has 0 aromatic rings. The lowest BCUT2D eigenvalue weighted by Gasteiger charge is -2.11.